The van der Waals surface area contributed by atoms with E-state index in [0.29, 0.717) is 0 Å². The predicted octanol–water partition coefficient (Wildman–Crippen LogP) is 2.96. The van der Waals surface area contributed by atoms with Gasteiger partial charge in [0.25, 0.3) is 0 Å². The van der Waals surface area contributed by atoms with Crippen molar-refractivity contribution in [2.45, 2.75) is 19.4 Å². The quantitative estimate of drug-likeness (QED) is 0.705. The standard InChI is InChI=1S/C21H25N5O/c1-2-15(1)13-22-14-16-3-4-19-18(11-16)21(25-24-19)17-5-6-23-20(12-17)26-7-9-27-10-8-26/h3-6,11-12,15,22H,1-2,7-10,13-14H2,(H,24,25). The first-order valence-corrected chi connectivity index (χ1v) is 9.84. The van der Waals surface area contributed by atoms with Crippen molar-refractivity contribution in [1.29, 1.82) is 0 Å². The molecule has 6 heteroatoms. The molecule has 6 nitrogen and oxygen atoms in total. The minimum atomic E-state index is 0.758. The van der Waals surface area contributed by atoms with Crippen molar-refractivity contribution in [3.05, 3.63) is 42.1 Å². The van der Waals surface area contributed by atoms with Crippen LogP contribution in [0.1, 0.15) is 18.4 Å². The van der Waals surface area contributed by atoms with Crippen LogP contribution in [-0.2, 0) is 11.3 Å². The number of rotatable bonds is 6. The summed E-state index contributed by atoms with van der Waals surface area (Å²) in [6.07, 6.45) is 4.64. The van der Waals surface area contributed by atoms with Crippen LogP contribution in [0.2, 0.25) is 0 Å². The Bertz CT molecular complexity index is 927. The Morgan fingerprint density at radius 2 is 2.04 bits per heavy atom. The highest BCUT2D eigenvalue weighted by Crippen LogP contribution is 2.30. The maximum absolute atomic E-state index is 5.45. The molecule has 0 spiro atoms. The molecule has 27 heavy (non-hydrogen) atoms. The molecule has 0 unspecified atom stereocenters. The van der Waals surface area contributed by atoms with Gasteiger partial charge in [-0.3, -0.25) is 5.10 Å². The van der Waals surface area contributed by atoms with Crippen LogP contribution in [0.4, 0.5) is 5.82 Å². The Balaban J connectivity index is 1.41. The lowest BCUT2D eigenvalue weighted by atomic mass is 10.1. The highest BCUT2D eigenvalue weighted by molar-refractivity contribution is 5.93. The highest BCUT2D eigenvalue weighted by Gasteiger charge is 2.20. The summed E-state index contributed by atoms with van der Waals surface area (Å²) < 4.78 is 5.45. The molecule has 2 fully saturated rings. The molecule has 1 aromatic carbocycles. The number of anilines is 1. The van der Waals surface area contributed by atoms with E-state index in [0.717, 1.165) is 67.9 Å². The fourth-order valence-electron chi connectivity index (χ4n) is 3.66. The maximum atomic E-state index is 5.45. The van der Waals surface area contributed by atoms with Crippen molar-refractivity contribution < 1.29 is 4.74 Å². The Kier molecular flexibility index (Phi) is 4.51. The predicted molar refractivity (Wildman–Crippen MR) is 107 cm³/mol. The van der Waals surface area contributed by atoms with Crippen LogP contribution >= 0.6 is 0 Å². The third-order valence-corrected chi connectivity index (χ3v) is 5.44. The Morgan fingerprint density at radius 1 is 1.15 bits per heavy atom. The van der Waals surface area contributed by atoms with E-state index in [4.69, 9.17) is 4.74 Å². The average Bonchev–Trinajstić information content (AvgIpc) is 3.45. The summed E-state index contributed by atoms with van der Waals surface area (Å²) in [5.74, 6) is 1.89. The monoisotopic (exact) mass is 363 g/mol. The van der Waals surface area contributed by atoms with Gasteiger partial charge < -0.3 is 15.0 Å². The number of aromatic amines is 1. The first-order valence-electron chi connectivity index (χ1n) is 9.84. The van der Waals surface area contributed by atoms with Gasteiger partial charge in [0, 0.05) is 36.8 Å². The summed E-state index contributed by atoms with van der Waals surface area (Å²) in [6.45, 7) is 5.32. The summed E-state index contributed by atoms with van der Waals surface area (Å²) in [4.78, 5) is 6.83. The molecule has 5 rings (SSSR count). The highest BCUT2D eigenvalue weighted by atomic mass is 16.5. The van der Waals surface area contributed by atoms with Crippen LogP contribution in [0.25, 0.3) is 22.2 Å². The van der Waals surface area contributed by atoms with E-state index in [9.17, 15) is 0 Å². The van der Waals surface area contributed by atoms with Crippen molar-refractivity contribution in [2.24, 2.45) is 5.92 Å². The molecule has 2 aliphatic rings. The van der Waals surface area contributed by atoms with Crippen LogP contribution in [0.3, 0.4) is 0 Å². The van der Waals surface area contributed by atoms with Gasteiger partial charge in [0.05, 0.1) is 18.7 Å². The van der Waals surface area contributed by atoms with Gasteiger partial charge in [-0.2, -0.15) is 5.10 Å². The van der Waals surface area contributed by atoms with Gasteiger partial charge in [-0.05, 0) is 55.1 Å². The lowest BCUT2D eigenvalue weighted by Crippen LogP contribution is -2.36. The van der Waals surface area contributed by atoms with Gasteiger partial charge in [-0.1, -0.05) is 6.07 Å². The number of nitrogens with one attached hydrogen (secondary N) is 2. The van der Waals surface area contributed by atoms with Gasteiger partial charge in [0.1, 0.15) is 11.5 Å². The topological polar surface area (TPSA) is 66.1 Å². The first-order chi connectivity index (χ1) is 13.4. The SMILES string of the molecule is c1cc(-c2n[nH]c3ccc(CNCC4CC4)cc23)cc(N2CCOCC2)n1. The number of hydrogen-bond acceptors (Lipinski definition) is 5. The van der Waals surface area contributed by atoms with Crippen LogP contribution in [0.5, 0.6) is 0 Å². The van der Waals surface area contributed by atoms with Crippen molar-refractivity contribution in [3.63, 3.8) is 0 Å². The fourth-order valence-corrected chi connectivity index (χ4v) is 3.66. The summed E-state index contributed by atoms with van der Waals surface area (Å²) in [6, 6.07) is 10.7. The zero-order valence-corrected chi connectivity index (χ0v) is 15.4. The molecule has 0 amide bonds. The number of benzene rings is 1. The van der Waals surface area contributed by atoms with Crippen molar-refractivity contribution >= 4 is 16.7 Å². The molecular formula is C21H25N5O. The molecule has 1 saturated carbocycles. The van der Waals surface area contributed by atoms with Crippen LogP contribution in [-0.4, -0.2) is 48.0 Å². The molecular weight excluding hydrogens is 338 g/mol. The zero-order chi connectivity index (χ0) is 18.1. The molecule has 2 N–H and O–H groups in total. The second-order valence-electron chi connectivity index (χ2n) is 7.53. The second kappa shape index (κ2) is 7.29. The molecule has 3 heterocycles. The lowest BCUT2D eigenvalue weighted by Gasteiger charge is -2.27. The molecule has 2 aromatic heterocycles. The van der Waals surface area contributed by atoms with E-state index >= 15 is 0 Å². The Hall–Kier alpha value is -2.44. The van der Waals surface area contributed by atoms with Gasteiger partial charge in [-0.25, -0.2) is 4.98 Å². The zero-order valence-electron chi connectivity index (χ0n) is 15.4. The molecule has 1 aliphatic heterocycles. The molecule has 0 bridgehead atoms. The molecule has 140 valence electrons. The number of aromatic nitrogens is 3. The summed E-state index contributed by atoms with van der Waals surface area (Å²) >= 11 is 0. The van der Waals surface area contributed by atoms with E-state index in [1.54, 1.807) is 0 Å². The van der Waals surface area contributed by atoms with E-state index < -0.39 is 0 Å². The third kappa shape index (κ3) is 3.68. The molecule has 0 radical (unpaired) electrons. The summed E-state index contributed by atoms with van der Waals surface area (Å²) in [5, 5.41) is 12.5. The minimum absolute atomic E-state index is 0.758. The summed E-state index contributed by atoms with van der Waals surface area (Å²) in [7, 11) is 0. The van der Waals surface area contributed by atoms with Crippen molar-refractivity contribution in [1.82, 2.24) is 20.5 Å². The van der Waals surface area contributed by atoms with Crippen LogP contribution < -0.4 is 10.2 Å². The maximum Gasteiger partial charge on any atom is 0.129 e. The molecule has 3 aromatic rings. The third-order valence-electron chi connectivity index (χ3n) is 5.44. The van der Waals surface area contributed by atoms with Crippen LogP contribution in [0.15, 0.2) is 36.5 Å². The summed E-state index contributed by atoms with van der Waals surface area (Å²) in [5.41, 5.74) is 4.46. The van der Waals surface area contributed by atoms with Crippen molar-refractivity contribution in [2.75, 3.05) is 37.7 Å². The average molecular weight is 363 g/mol. The van der Waals surface area contributed by atoms with Gasteiger partial charge in [-0.15, -0.1) is 0 Å². The van der Waals surface area contributed by atoms with Gasteiger partial charge >= 0.3 is 0 Å². The van der Waals surface area contributed by atoms with Crippen molar-refractivity contribution in [3.8, 4) is 11.3 Å². The fraction of sp³-hybridized carbons (Fsp3) is 0.429. The minimum Gasteiger partial charge on any atom is -0.378 e. The van der Waals surface area contributed by atoms with E-state index in [1.165, 1.54) is 23.8 Å². The molecule has 1 saturated heterocycles. The normalized spacial score (nSPS) is 17.6. The number of ether oxygens (including phenoxy) is 1. The first kappa shape index (κ1) is 16.7. The van der Waals surface area contributed by atoms with Crippen LogP contribution in [0, 0.1) is 5.92 Å². The lowest BCUT2D eigenvalue weighted by molar-refractivity contribution is 0.122. The largest absolute Gasteiger partial charge is 0.378 e. The van der Waals surface area contributed by atoms with Gasteiger partial charge in [0.2, 0.25) is 0 Å². The number of morpholine rings is 1. The number of fused-ring (bicyclic) bond motifs is 1. The molecule has 1 aliphatic carbocycles. The number of pyridine rings is 1. The van der Waals surface area contributed by atoms with E-state index in [1.807, 2.05) is 12.3 Å². The Labute approximate surface area is 158 Å². The number of nitrogens with zero attached hydrogens (tertiary/aromatic N) is 3. The number of hydrogen-bond donors (Lipinski definition) is 2. The molecule has 0 atom stereocenters. The van der Waals surface area contributed by atoms with Gasteiger partial charge in [0.15, 0.2) is 0 Å². The van der Waals surface area contributed by atoms with E-state index in [2.05, 4.69) is 49.7 Å². The smallest absolute Gasteiger partial charge is 0.129 e. The number of H-pyrrole nitrogens is 1. The second-order valence-corrected chi connectivity index (χ2v) is 7.53. The Morgan fingerprint density at radius 3 is 2.89 bits per heavy atom. The van der Waals surface area contributed by atoms with E-state index in [-0.39, 0.29) is 0 Å².